The molecule has 0 unspecified atom stereocenters. The van der Waals surface area contributed by atoms with E-state index in [0.717, 1.165) is 28.3 Å². The third kappa shape index (κ3) is 5.76. The van der Waals surface area contributed by atoms with E-state index in [1.54, 1.807) is 0 Å². The maximum absolute atomic E-state index is 12.0. The molecule has 134 valence electrons. The molecule has 2 amide bonds. The molecule has 0 spiro atoms. The molecule has 2 N–H and O–H groups in total. The summed E-state index contributed by atoms with van der Waals surface area (Å²) >= 11 is 0. The van der Waals surface area contributed by atoms with Crippen molar-refractivity contribution in [2.45, 2.75) is 27.3 Å². The first kappa shape index (κ1) is 18.7. The molecule has 6 nitrogen and oxygen atoms in total. The fourth-order valence-corrected chi connectivity index (χ4v) is 2.57. The Balaban J connectivity index is 1.76. The number of furan rings is 1. The van der Waals surface area contributed by atoms with E-state index in [0.29, 0.717) is 6.54 Å². The van der Waals surface area contributed by atoms with E-state index in [1.165, 1.54) is 0 Å². The minimum Gasteiger partial charge on any atom is -0.465 e. The third-order valence-electron chi connectivity index (χ3n) is 3.83. The highest BCUT2D eigenvalue weighted by Gasteiger charge is 2.12. The average Bonchev–Trinajstić information content (AvgIpc) is 2.94. The first-order chi connectivity index (χ1) is 11.8. The molecule has 0 saturated heterocycles. The monoisotopic (exact) mass is 343 g/mol. The highest BCUT2D eigenvalue weighted by molar-refractivity contribution is 5.95. The molecule has 0 aliphatic rings. The zero-order valence-electron chi connectivity index (χ0n) is 15.2. The number of nitrogens with one attached hydrogen (secondary N) is 2. The van der Waals surface area contributed by atoms with E-state index in [4.69, 9.17) is 4.42 Å². The van der Waals surface area contributed by atoms with Crippen molar-refractivity contribution < 1.29 is 14.0 Å². The molecular weight excluding hydrogens is 318 g/mol. The second kappa shape index (κ2) is 8.48. The predicted octanol–water partition coefficient (Wildman–Crippen LogP) is 2.39. The molecular formula is C19H25N3O3. The van der Waals surface area contributed by atoms with Crippen LogP contribution in [-0.2, 0) is 16.1 Å². The highest BCUT2D eigenvalue weighted by atomic mass is 16.3. The van der Waals surface area contributed by atoms with Gasteiger partial charge in [-0.15, -0.1) is 0 Å². The smallest absolute Gasteiger partial charge is 0.243 e. The summed E-state index contributed by atoms with van der Waals surface area (Å²) in [5, 5.41) is 5.49. The van der Waals surface area contributed by atoms with Gasteiger partial charge in [0, 0.05) is 5.69 Å². The molecule has 0 aliphatic carbocycles. The summed E-state index contributed by atoms with van der Waals surface area (Å²) in [6.45, 7) is 6.43. The van der Waals surface area contributed by atoms with Gasteiger partial charge in [0.15, 0.2) is 0 Å². The van der Waals surface area contributed by atoms with E-state index in [2.05, 4.69) is 10.6 Å². The fraction of sp³-hybridized carbons (Fsp3) is 0.368. The standard InChI is InChI=1S/C19H25N3O3/c1-13-6-5-7-14(2)19(13)21-17(23)10-20-18(24)12-22(4)11-16-9-8-15(3)25-16/h5-9H,10-12H2,1-4H3,(H,20,24)(H,21,23). The van der Waals surface area contributed by atoms with Crippen LogP contribution in [0.5, 0.6) is 0 Å². The van der Waals surface area contributed by atoms with Crippen molar-refractivity contribution in [2.75, 3.05) is 25.5 Å². The second-order valence-corrected chi connectivity index (χ2v) is 6.28. The van der Waals surface area contributed by atoms with Crippen LogP contribution in [0, 0.1) is 20.8 Å². The van der Waals surface area contributed by atoms with E-state index in [1.807, 2.05) is 63.1 Å². The number of aryl methyl sites for hydroxylation is 3. The molecule has 0 bridgehead atoms. The predicted molar refractivity (Wildman–Crippen MR) is 97.3 cm³/mol. The Morgan fingerprint density at radius 3 is 2.32 bits per heavy atom. The Bertz CT molecular complexity index is 732. The topological polar surface area (TPSA) is 74.6 Å². The number of hydrogen-bond acceptors (Lipinski definition) is 4. The molecule has 6 heteroatoms. The van der Waals surface area contributed by atoms with Gasteiger partial charge in [-0.3, -0.25) is 14.5 Å². The van der Waals surface area contributed by atoms with Crippen molar-refractivity contribution in [2.24, 2.45) is 0 Å². The molecule has 1 aromatic carbocycles. The van der Waals surface area contributed by atoms with Crippen molar-refractivity contribution in [1.82, 2.24) is 10.2 Å². The molecule has 0 atom stereocenters. The van der Waals surface area contributed by atoms with E-state index in [9.17, 15) is 9.59 Å². The number of rotatable bonds is 7. The molecule has 0 radical (unpaired) electrons. The van der Waals surface area contributed by atoms with Crippen molar-refractivity contribution in [3.05, 3.63) is 53.0 Å². The normalized spacial score (nSPS) is 10.8. The van der Waals surface area contributed by atoms with E-state index < -0.39 is 0 Å². The maximum atomic E-state index is 12.0. The van der Waals surface area contributed by atoms with Gasteiger partial charge in [-0.05, 0) is 51.1 Å². The van der Waals surface area contributed by atoms with Crippen LogP contribution in [0.3, 0.4) is 0 Å². The van der Waals surface area contributed by atoms with Crippen LogP contribution in [0.25, 0.3) is 0 Å². The van der Waals surface area contributed by atoms with Gasteiger partial charge in [0.25, 0.3) is 0 Å². The largest absolute Gasteiger partial charge is 0.465 e. The summed E-state index contributed by atoms with van der Waals surface area (Å²) in [5.41, 5.74) is 2.79. The number of amides is 2. The quantitative estimate of drug-likeness (QED) is 0.809. The number of carbonyl (C=O) groups is 2. The lowest BCUT2D eigenvalue weighted by Crippen LogP contribution is -2.39. The maximum Gasteiger partial charge on any atom is 0.243 e. The number of anilines is 1. The van der Waals surface area contributed by atoms with Gasteiger partial charge in [-0.1, -0.05) is 18.2 Å². The first-order valence-electron chi connectivity index (χ1n) is 8.22. The Morgan fingerprint density at radius 1 is 1.04 bits per heavy atom. The summed E-state index contributed by atoms with van der Waals surface area (Å²) in [6, 6.07) is 9.60. The van der Waals surface area contributed by atoms with Crippen molar-refractivity contribution in [3.8, 4) is 0 Å². The first-order valence-corrected chi connectivity index (χ1v) is 8.22. The molecule has 2 rings (SSSR count). The summed E-state index contributed by atoms with van der Waals surface area (Å²) in [4.78, 5) is 25.9. The molecule has 2 aromatic rings. The fourth-order valence-electron chi connectivity index (χ4n) is 2.57. The van der Waals surface area contributed by atoms with Gasteiger partial charge in [-0.25, -0.2) is 0 Å². The van der Waals surface area contributed by atoms with Gasteiger partial charge < -0.3 is 15.1 Å². The lowest BCUT2D eigenvalue weighted by atomic mass is 10.1. The summed E-state index contributed by atoms with van der Waals surface area (Å²) < 4.78 is 5.49. The van der Waals surface area contributed by atoms with Crippen LogP contribution in [0.2, 0.25) is 0 Å². The minimum absolute atomic E-state index is 0.0553. The van der Waals surface area contributed by atoms with Crippen LogP contribution >= 0.6 is 0 Å². The zero-order valence-corrected chi connectivity index (χ0v) is 15.2. The summed E-state index contributed by atoms with van der Waals surface area (Å²) in [5.74, 6) is 1.20. The van der Waals surface area contributed by atoms with E-state index >= 15 is 0 Å². The van der Waals surface area contributed by atoms with Gasteiger partial charge in [0.05, 0.1) is 19.6 Å². The number of carbonyl (C=O) groups excluding carboxylic acids is 2. The van der Waals surface area contributed by atoms with Crippen LogP contribution in [0.4, 0.5) is 5.69 Å². The minimum atomic E-state index is -0.241. The average molecular weight is 343 g/mol. The van der Waals surface area contributed by atoms with E-state index in [-0.39, 0.29) is 24.9 Å². The summed E-state index contributed by atoms with van der Waals surface area (Å²) in [7, 11) is 1.83. The van der Waals surface area contributed by atoms with Crippen molar-refractivity contribution in [1.29, 1.82) is 0 Å². The Kier molecular flexibility index (Phi) is 6.36. The lowest BCUT2D eigenvalue weighted by molar-refractivity contribution is -0.124. The molecule has 0 saturated carbocycles. The Morgan fingerprint density at radius 2 is 1.72 bits per heavy atom. The number of likely N-dealkylation sites (N-methyl/N-ethyl adjacent to an activating group) is 1. The van der Waals surface area contributed by atoms with Crippen molar-refractivity contribution >= 4 is 17.5 Å². The molecule has 0 aliphatic heterocycles. The van der Waals surface area contributed by atoms with Gasteiger partial charge >= 0.3 is 0 Å². The second-order valence-electron chi connectivity index (χ2n) is 6.28. The summed E-state index contributed by atoms with van der Waals surface area (Å²) in [6.07, 6.45) is 0. The van der Waals surface area contributed by atoms with Crippen molar-refractivity contribution in [3.63, 3.8) is 0 Å². The van der Waals surface area contributed by atoms with Crippen LogP contribution in [0.15, 0.2) is 34.7 Å². The van der Waals surface area contributed by atoms with Crippen LogP contribution in [0.1, 0.15) is 22.6 Å². The molecule has 1 heterocycles. The number of nitrogens with zero attached hydrogens (tertiary/aromatic N) is 1. The van der Waals surface area contributed by atoms with Gasteiger partial charge in [0.1, 0.15) is 11.5 Å². The van der Waals surface area contributed by atoms with Crippen LogP contribution in [-0.4, -0.2) is 36.9 Å². The SMILES string of the molecule is Cc1ccc(CN(C)CC(=O)NCC(=O)Nc2c(C)cccc2C)o1. The van der Waals surface area contributed by atoms with Gasteiger partial charge in [0.2, 0.25) is 11.8 Å². The number of hydrogen-bond donors (Lipinski definition) is 2. The molecule has 25 heavy (non-hydrogen) atoms. The van der Waals surface area contributed by atoms with Gasteiger partial charge in [-0.2, -0.15) is 0 Å². The Labute approximate surface area is 148 Å². The Hall–Kier alpha value is -2.60. The highest BCUT2D eigenvalue weighted by Crippen LogP contribution is 2.18. The molecule has 1 aromatic heterocycles. The lowest BCUT2D eigenvalue weighted by Gasteiger charge is -2.15. The number of para-hydroxylation sites is 1. The zero-order chi connectivity index (χ0) is 18.4. The van der Waals surface area contributed by atoms with Crippen LogP contribution < -0.4 is 10.6 Å². The number of benzene rings is 1. The third-order valence-corrected chi connectivity index (χ3v) is 3.83. The molecule has 0 fully saturated rings.